The van der Waals surface area contributed by atoms with Gasteiger partial charge in [-0.2, -0.15) is 5.10 Å². The highest BCUT2D eigenvalue weighted by Gasteiger charge is 2.19. The zero-order valence-electron chi connectivity index (χ0n) is 17.3. The lowest BCUT2D eigenvalue weighted by Gasteiger charge is -2.16. The standard InChI is InChI=1S/C26H23FN2O2/c1-18-25(22-12-5-6-13-24(22)30)23(15-14-19-10-7-11-21(27)16-19)26(31)29(28-18)17-20-8-3-2-4-9-20/h2-13,16,30H,14-15,17H2,1H3. The Bertz CT molecular complexity index is 1270. The highest BCUT2D eigenvalue weighted by atomic mass is 19.1. The quantitative estimate of drug-likeness (QED) is 0.488. The average Bonchev–Trinajstić information content (AvgIpc) is 2.76. The summed E-state index contributed by atoms with van der Waals surface area (Å²) in [6, 6.07) is 23.0. The summed E-state index contributed by atoms with van der Waals surface area (Å²) in [5.74, 6) is -0.203. The summed E-state index contributed by atoms with van der Waals surface area (Å²) < 4.78 is 15.1. The Morgan fingerprint density at radius 3 is 2.35 bits per heavy atom. The fourth-order valence-corrected chi connectivity index (χ4v) is 3.86. The molecule has 0 saturated heterocycles. The van der Waals surface area contributed by atoms with Crippen LogP contribution in [0.5, 0.6) is 5.75 Å². The van der Waals surface area contributed by atoms with Crippen LogP contribution in [-0.4, -0.2) is 14.9 Å². The first kappa shape index (κ1) is 20.5. The van der Waals surface area contributed by atoms with Crippen LogP contribution in [0.2, 0.25) is 0 Å². The van der Waals surface area contributed by atoms with Gasteiger partial charge in [-0.1, -0.05) is 60.7 Å². The maximum atomic E-state index is 13.6. The van der Waals surface area contributed by atoms with E-state index in [1.54, 1.807) is 24.3 Å². The van der Waals surface area contributed by atoms with Gasteiger partial charge in [-0.05, 0) is 49.1 Å². The second kappa shape index (κ2) is 8.96. The van der Waals surface area contributed by atoms with Gasteiger partial charge in [-0.15, -0.1) is 0 Å². The lowest BCUT2D eigenvalue weighted by Crippen LogP contribution is -2.29. The van der Waals surface area contributed by atoms with Crippen LogP contribution in [0.15, 0.2) is 83.7 Å². The molecule has 31 heavy (non-hydrogen) atoms. The normalized spacial score (nSPS) is 10.9. The summed E-state index contributed by atoms with van der Waals surface area (Å²) in [4.78, 5) is 13.5. The van der Waals surface area contributed by atoms with Crippen molar-refractivity contribution in [3.05, 3.63) is 117 Å². The minimum absolute atomic E-state index is 0.0969. The number of aromatic nitrogens is 2. The minimum atomic E-state index is -0.300. The zero-order valence-corrected chi connectivity index (χ0v) is 17.3. The van der Waals surface area contributed by atoms with Crippen molar-refractivity contribution in [3.63, 3.8) is 0 Å². The van der Waals surface area contributed by atoms with E-state index in [4.69, 9.17) is 0 Å². The van der Waals surface area contributed by atoms with Crippen LogP contribution in [0.4, 0.5) is 4.39 Å². The topological polar surface area (TPSA) is 55.1 Å². The molecule has 0 spiro atoms. The molecule has 5 heteroatoms. The Morgan fingerprint density at radius 2 is 1.61 bits per heavy atom. The van der Waals surface area contributed by atoms with Crippen LogP contribution in [0.1, 0.15) is 22.4 Å². The Kier molecular flexibility index (Phi) is 5.94. The van der Waals surface area contributed by atoms with Crippen LogP contribution in [0.3, 0.4) is 0 Å². The summed E-state index contributed by atoms with van der Waals surface area (Å²) in [5, 5.41) is 15.0. The van der Waals surface area contributed by atoms with Crippen LogP contribution in [0, 0.1) is 12.7 Å². The molecule has 1 aromatic heterocycles. The van der Waals surface area contributed by atoms with Gasteiger partial charge in [-0.3, -0.25) is 4.79 Å². The number of rotatable bonds is 6. The zero-order chi connectivity index (χ0) is 21.8. The molecule has 0 unspecified atom stereocenters. The van der Waals surface area contributed by atoms with E-state index in [1.165, 1.54) is 16.8 Å². The fraction of sp³-hybridized carbons (Fsp3) is 0.154. The van der Waals surface area contributed by atoms with Gasteiger partial charge >= 0.3 is 0 Å². The summed E-state index contributed by atoms with van der Waals surface area (Å²) in [7, 11) is 0. The van der Waals surface area contributed by atoms with Gasteiger partial charge in [0, 0.05) is 16.7 Å². The third-order valence-electron chi connectivity index (χ3n) is 5.33. The van der Waals surface area contributed by atoms with Crippen LogP contribution in [0.25, 0.3) is 11.1 Å². The first-order valence-corrected chi connectivity index (χ1v) is 10.2. The smallest absolute Gasteiger partial charge is 0.270 e. The number of aromatic hydroxyl groups is 1. The van der Waals surface area contributed by atoms with E-state index in [9.17, 15) is 14.3 Å². The number of halogens is 1. The van der Waals surface area contributed by atoms with Gasteiger partial charge < -0.3 is 5.11 Å². The molecule has 0 amide bonds. The van der Waals surface area contributed by atoms with Crippen LogP contribution < -0.4 is 5.56 Å². The number of phenolic OH excluding ortho intramolecular Hbond substituents is 1. The van der Waals surface area contributed by atoms with Gasteiger partial charge in [0.05, 0.1) is 12.2 Å². The molecule has 0 fully saturated rings. The highest BCUT2D eigenvalue weighted by molar-refractivity contribution is 5.74. The van der Waals surface area contributed by atoms with Gasteiger partial charge in [-0.25, -0.2) is 9.07 Å². The molecule has 4 aromatic rings. The van der Waals surface area contributed by atoms with Crippen molar-refractivity contribution in [1.82, 2.24) is 9.78 Å². The summed E-state index contributed by atoms with van der Waals surface area (Å²) >= 11 is 0. The molecule has 1 heterocycles. The van der Waals surface area contributed by atoms with E-state index in [2.05, 4.69) is 5.10 Å². The minimum Gasteiger partial charge on any atom is -0.507 e. The van der Waals surface area contributed by atoms with Crippen molar-refractivity contribution in [1.29, 1.82) is 0 Å². The van der Waals surface area contributed by atoms with E-state index in [0.717, 1.165) is 11.1 Å². The molecule has 156 valence electrons. The van der Waals surface area contributed by atoms with E-state index >= 15 is 0 Å². The molecule has 0 aliphatic rings. The van der Waals surface area contributed by atoms with E-state index in [0.29, 0.717) is 41.8 Å². The molecule has 4 nitrogen and oxygen atoms in total. The number of nitrogens with zero attached hydrogens (tertiary/aromatic N) is 2. The number of phenols is 1. The van der Waals surface area contributed by atoms with Crippen molar-refractivity contribution < 1.29 is 9.50 Å². The van der Waals surface area contributed by atoms with E-state index in [-0.39, 0.29) is 17.1 Å². The maximum Gasteiger partial charge on any atom is 0.270 e. The Labute approximate surface area is 180 Å². The Balaban J connectivity index is 1.81. The van der Waals surface area contributed by atoms with Crippen LogP contribution >= 0.6 is 0 Å². The number of aryl methyl sites for hydroxylation is 2. The molecule has 0 atom stereocenters. The summed E-state index contributed by atoms with van der Waals surface area (Å²) in [6.45, 7) is 2.20. The van der Waals surface area contributed by atoms with Gasteiger partial charge in [0.15, 0.2) is 0 Å². The number of benzene rings is 3. The SMILES string of the molecule is Cc1nn(Cc2ccccc2)c(=O)c(CCc2cccc(F)c2)c1-c1ccccc1O. The molecule has 3 aromatic carbocycles. The van der Waals surface area contributed by atoms with Gasteiger partial charge in [0.2, 0.25) is 0 Å². The number of hydrogen-bond donors (Lipinski definition) is 1. The molecule has 0 aliphatic carbocycles. The molecular weight excluding hydrogens is 391 g/mol. The molecular formula is C26H23FN2O2. The fourth-order valence-electron chi connectivity index (χ4n) is 3.86. The first-order valence-electron chi connectivity index (χ1n) is 10.2. The van der Waals surface area contributed by atoms with Crippen molar-refractivity contribution in [2.24, 2.45) is 0 Å². The Hall–Kier alpha value is -3.73. The molecule has 1 N–H and O–H groups in total. The third kappa shape index (κ3) is 4.56. The largest absolute Gasteiger partial charge is 0.507 e. The molecule has 0 radical (unpaired) electrons. The predicted molar refractivity (Wildman–Crippen MR) is 120 cm³/mol. The average molecular weight is 414 g/mol. The van der Waals surface area contributed by atoms with Gasteiger partial charge in [0.1, 0.15) is 11.6 Å². The van der Waals surface area contributed by atoms with Gasteiger partial charge in [0.25, 0.3) is 5.56 Å². The van der Waals surface area contributed by atoms with Crippen molar-refractivity contribution in [2.75, 3.05) is 0 Å². The second-order valence-corrected chi connectivity index (χ2v) is 7.53. The Morgan fingerprint density at radius 1 is 0.903 bits per heavy atom. The monoisotopic (exact) mass is 414 g/mol. The number of hydrogen-bond acceptors (Lipinski definition) is 3. The van der Waals surface area contributed by atoms with Crippen LogP contribution in [-0.2, 0) is 19.4 Å². The predicted octanol–water partition coefficient (Wildman–Crippen LogP) is 4.90. The maximum absolute atomic E-state index is 13.6. The molecule has 4 rings (SSSR count). The number of para-hydroxylation sites is 1. The van der Waals surface area contributed by atoms with E-state index < -0.39 is 0 Å². The van der Waals surface area contributed by atoms with E-state index in [1.807, 2.05) is 49.4 Å². The first-order chi connectivity index (χ1) is 15.0. The molecule has 0 bridgehead atoms. The van der Waals surface area contributed by atoms with Crippen molar-refractivity contribution in [2.45, 2.75) is 26.3 Å². The summed E-state index contributed by atoms with van der Waals surface area (Å²) in [5.41, 5.74) is 4.02. The van der Waals surface area contributed by atoms with Crippen molar-refractivity contribution in [3.8, 4) is 16.9 Å². The second-order valence-electron chi connectivity index (χ2n) is 7.53. The third-order valence-corrected chi connectivity index (χ3v) is 5.33. The van der Waals surface area contributed by atoms with Crippen molar-refractivity contribution >= 4 is 0 Å². The lowest BCUT2D eigenvalue weighted by atomic mass is 9.94. The highest BCUT2D eigenvalue weighted by Crippen LogP contribution is 2.32. The molecule has 0 aliphatic heterocycles. The summed E-state index contributed by atoms with van der Waals surface area (Å²) in [6.07, 6.45) is 0.909. The lowest BCUT2D eigenvalue weighted by molar-refractivity contribution is 0.477. The molecule has 0 saturated carbocycles.